The van der Waals surface area contributed by atoms with Gasteiger partial charge < -0.3 is 15.0 Å². The molecule has 0 unspecified atom stereocenters. The number of hydrogen-bond acceptors (Lipinski definition) is 4. The first kappa shape index (κ1) is 17.5. The maximum atomic E-state index is 12.7. The van der Waals surface area contributed by atoms with Crippen LogP contribution in [0.25, 0.3) is 17.2 Å². The number of aromatic amines is 1. The predicted molar refractivity (Wildman–Crippen MR) is 107 cm³/mol. The fourth-order valence-electron chi connectivity index (χ4n) is 3.04. The van der Waals surface area contributed by atoms with Crippen LogP contribution in [0.4, 0.5) is 5.69 Å². The monoisotopic (exact) mass is 373 g/mol. The summed E-state index contributed by atoms with van der Waals surface area (Å²) in [5.41, 5.74) is 3.74. The third-order valence-corrected chi connectivity index (χ3v) is 4.42. The molecule has 4 rings (SSSR count). The lowest BCUT2D eigenvalue weighted by molar-refractivity contribution is 0.102. The van der Waals surface area contributed by atoms with E-state index in [1.165, 1.54) is 0 Å². The van der Waals surface area contributed by atoms with Crippen molar-refractivity contribution in [3.63, 3.8) is 0 Å². The number of anilines is 1. The van der Waals surface area contributed by atoms with E-state index in [1.807, 2.05) is 48.0 Å². The van der Waals surface area contributed by atoms with Gasteiger partial charge in [-0.3, -0.25) is 9.36 Å². The van der Waals surface area contributed by atoms with Crippen LogP contribution < -0.4 is 10.1 Å². The summed E-state index contributed by atoms with van der Waals surface area (Å²) in [6.45, 7) is 1.95. The number of methoxy groups -OCH3 is 1. The summed E-state index contributed by atoms with van der Waals surface area (Å²) in [6, 6.07) is 14.7. The molecule has 2 heterocycles. The number of benzene rings is 2. The largest absolute Gasteiger partial charge is 0.496 e. The highest BCUT2D eigenvalue weighted by Gasteiger charge is 2.14. The minimum absolute atomic E-state index is 0.233. The normalized spacial score (nSPS) is 10.6. The summed E-state index contributed by atoms with van der Waals surface area (Å²) in [5.74, 6) is 1.03. The van der Waals surface area contributed by atoms with Crippen LogP contribution in [-0.4, -0.2) is 32.5 Å². The second kappa shape index (κ2) is 7.40. The summed E-state index contributed by atoms with van der Waals surface area (Å²) in [6.07, 6.45) is 5.24. The van der Waals surface area contributed by atoms with E-state index in [9.17, 15) is 4.79 Å². The molecular formula is C21H19N5O2. The number of para-hydroxylation sites is 1. The molecule has 7 nitrogen and oxygen atoms in total. The molecule has 28 heavy (non-hydrogen) atoms. The van der Waals surface area contributed by atoms with Crippen LogP contribution in [0.5, 0.6) is 5.75 Å². The average Bonchev–Trinajstić information content (AvgIpc) is 3.36. The van der Waals surface area contributed by atoms with Crippen LogP contribution in [0.15, 0.2) is 67.3 Å². The Morgan fingerprint density at radius 2 is 2.00 bits per heavy atom. The third-order valence-electron chi connectivity index (χ3n) is 4.42. The number of rotatable bonds is 5. The highest BCUT2D eigenvalue weighted by atomic mass is 16.5. The van der Waals surface area contributed by atoms with Crippen molar-refractivity contribution in [3.8, 4) is 23.0 Å². The molecule has 0 aliphatic rings. The third kappa shape index (κ3) is 3.25. The zero-order valence-electron chi connectivity index (χ0n) is 15.5. The number of aryl methyl sites for hydroxylation is 1. The predicted octanol–water partition coefficient (Wildman–Crippen LogP) is 3.83. The number of amides is 1. The van der Waals surface area contributed by atoms with Crippen LogP contribution in [0, 0.1) is 6.92 Å². The number of nitrogens with one attached hydrogen (secondary N) is 2. The van der Waals surface area contributed by atoms with Gasteiger partial charge in [-0.15, -0.1) is 0 Å². The fraction of sp³-hybridized carbons (Fsp3) is 0.0952. The van der Waals surface area contributed by atoms with E-state index in [-0.39, 0.29) is 5.91 Å². The molecule has 0 bridgehead atoms. The minimum atomic E-state index is -0.233. The van der Waals surface area contributed by atoms with E-state index in [4.69, 9.17) is 4.74 Å². The van der Waals surface area contributed by atoms with Crippen molar-refractivity contribution >= 4 is 11.6 Å². The van der Waals surface area contributed by atoms with E-state index >= 15 is 0 Å². The quantitative estimate of drug-likeness (QED) is 0.557. The zero-order chi connectivity index (χ0) is 19.5. The van der Waals surface area contributed by atoms with E-state index in [1.54, 1.807) is 37.8 Å². The first-order valence-corrected chi connectivity index (χ1v) is 8.76. The first-order chi connectivity index (χ1) is 13.7. The standard InChI is InChI=1S/C21H19N5O2/c1-14-19(24-13-23-14)20-22-10-11-26(20)16-7-5-6-15(12-16)25-21(27)17-8-3-4-9-18(17)28-2/h3-13H,1-2H3,(H,23,24)(H,25,27). The van der Waals surface area contributed by atoms with Gasteiger partial charge in [0.05, 0.1) is 19.0 Å². The topological polar surface area (TPSA) is 84.8 Å². The van der Waals surface area contributed by atoms with Crippen LogP contribution in [0.2, 0.25) is 0 Å². The molecule has 0 fully saturated rings. The maximum absolute atomic E-state index is 12.7. The minimum Gasteiger partial charge on any atom is -0.496 e. The van der Waals surface area contributed by atoms with Crippen LogP contribution in [0.1, 0.15) is 16.1 Å². The Morgan fingerprint density at radius 3 is 2.79 bits per heavy atom. The smallest absolute Gasteiger partial charge is 0.259 e. The molecule has 0 spiro atoms. The van der Waals surface area contributed by atoms with Gasteiger partial charge in [0.15, 0.2) is 5.82 Å². The van der Waals surface area contributed by atoms with Crippen molar-refractivity contribution in [2.75, 3.05) is 12.4 Å². The molecule has 1 amide bonds. The molecule has 0 saturated heterocycles. The van der Waals surface area contributed by atoms with E-state index in [0.717, 1.165) is 22.9 Å². The molecule has 140 valence electrons. The van der Waals surface area contributed by atoms with Crippen LogP contribution in [0.3, 0.4) is 0 Å². The Kier molecular flexibility index (Phi) is 4.63. The fourth-order valence-corrected chi connectivity index (χ4v) is 3.04. The Labute approximate surface area is 162 Å². The second-order valence-electron chi connectivity index (χ2n) is 6.20. The van der Waals surface area contributed by atoms with Gasteiger partial charge in [-0.25, -0.2) is 9.97 Å². The summed E-state index contributed by atoms with van der Waals surface area (Å²) in [4.78, 5) is 24.5. The highest BCUT2D eigenvalue weighted by molar-refractivity contribution is 6.06. The second-order valence-corrected chi connectivity index (χ2v) is 6.20. The molecule has 4 aromatic rings. The number of aromatic nitrogens is 4. The molecule has 0 radical (unpaired) electrons. The summed E-state index contributed by atoms with van der Waals surface area (Å²) in [7, 11) is 1.55. The van der Waals surface area contributed by atoms with E-state index in [2.05, 4.69) is 20.3 Å². The lowest BCUT2D eigenvalue weighted by atomic mass is 10.1. The number of hydrogen-bond donors (Lipinski definition) is 2. The lowest BCUT2D eigenvalue weighted by Gasteiger charge is -2.11. The van der Waals surface area contributed by atoms with Gasteiger partial charge >= 0.3 is 0 Å². The van der Waals surface area contributed by atoms with Crippen LogP contribution in [-0.2, 0) is 0 Å². The molecule has 0 aliphatic carbocycles. The van der Waals surface area contributed by atoms with E-state index < -0.39 is 0 Å². The molecule has 0 aliphatic heterocycles. The van der Waals surface area contributed by atoms with Gasteiger partial charge in [0.1, 0.15) is 11.4 Å². The van der Waals surface area contributed by atoms with Gasteiger partial charge in [-0.1, -0.05) is 18.2 Å². The van der Waals surface area contributed by atoms with Gasteiger partial charge in [0, 0.05) is 29.5 Å². The molecular weight excluding hydrogens is 354 g/mol. The summed E-state index contributed by atoms with van der Waals surface area (Å²) in [5, 5.41) is 2.93. The molecule has 2 aromatic carbocycles. The van der Waals surface area contributed by atoms with Crippen molar-refractivity contribution in [2.24, 2.45) is 0 Å². The Hall–Kier alpha value is -3.87. The summed E-state index contributed by atoms with van der Waals surface area (Å²) < 4.78 is 7.20. The first-order valence-electron chi connectivity index (χ1n) is 8.76. The Balaban J connectivity index is 1.64. The van der Waals surface area contributed by atoms with Crippen molar-refractivity contribution in [2.45, 2.75) is 6.92 Å². The molecule has 0 saturated carbocycles. The highest BCUT2D eigenvalue weighted by Crippen LogP contribution is 2.24. The summed E-state index contributed by atoms with van der Waals surface area (Å²) >= 11 is 0. The molecule has 2 N–H and O–H groups in total. The van der Waals surface area contributed by atoms with Crippen molar-refractivity contribution < 1.29 is 9.53 Å². The van der Waals surface area contributed by atoms with Crippen molar-refractivity contribution in [1.82, 2.24) is 19.5 Å². The van der Waals surface area contributed by atoms with Gasteiger partial charge in [-0.05, 0) is 37.3 Å². The van der Waals surface area contributed by atoms with Crippen molar-refractivity contribution in [3.05, 3.63) is 78.5 Å². The Bertz CT molecular complexity index is 1130. The Morgan fingerprint density at radius 1 is 1.14 bits per heavy atom. The van der Waals surface area contributed by atoms with Crippen LogP contribution >= 0.6 is 0 Å². The number of H-pyrrole nitrogens is 1. The molecule has 7 heteroatoms. The van der Waals surface area contributed by atoms with Gasteiger partial charge in [-0.2, -0.15) is 0 Å². The maximum Gasteiger partial charge on any atom is 0.259 e. The number of nitrogens with zero attached hydrogens (tertiary/aromatic N) is 3. The van der Waals surface area contributed by atoms with Crippen molar-refractivity contribution in [1.29, 1.82) is 0 Å². The number of carbonyl (C=O) groups is 1. The van der Waals surface area contributed by atoms with Gasteiger partial charge in [0.2, 0.25) is 0 Å². The number of ether oxygens (including phenoxy) is 1. The number of carbonyl (C=O) groups excluding carboxylic acids is 1. The average molecular weight is 373 g/mol. The lowest BCUT2D eigenvalue weighted by Crippen LogP contribution is -2.13. The van der Waals surface area contributed by atoms with Gasteiger partial charge in [0.25, 0.3) is 5.91 Å². The molecule has 0 atom stereocenters. The number of imidazole rings is 2. The van der Waals surface area contributed by atoms with E-state index in [0.29, 0.717) is 17.0 Å². The SMILES string of the molecule is COc1ccccc1C(=O)Nc1cccc(-n2ccnc2-c2nc[nH]c2C)c1. The molecule has 2 aromatic heterocycles. The zero-order valence-corrected chi connectivity index (χ0v) is 15.5.